The lowest BCUT2D eigenvalue weighted by Crippen LogP contribution is -2.44. The van der Waals surface area contributed by atoms with Gasteiger partial charge in [0.05, 0.1) is 17.3 Å². The van der Waals surface area contributed by atoms with E-state index in [0.29, 0.717) is 11.7 Å². The van der Waals surface area contributed by atoms with Crippen molar-refractivity contribution >= 4 is 11.0 Å². The predicted octanol–water partition coefficient (Wildman–Crippen LogP) is 0.903. The molecule has 0 saturated carbocycles. The number of aromatic nitrogens is 5. The summed E-state index contributed by atoms with van der Waals surface area (Å²) in [5.41, 5.74) is 2.61. The van der Waals surface area contributed by atoms with Crippen LogP contribution in [0, 0.1) is 6.92 Å². The van der Waals surface area contributed by atoms with Crippen molar-refractivity contribution in [3.8, 4) is 11.5 Å². The zero-order valence-electron chi connectivity index (χ0n) is 13.4. The molecule has 120 valence electrons. The molecule has 0 radical (unpaired) electrons. The number of nitrogens with zero attached hydrogens (tertiary/aromatic N) is 6. The standard InChI is InChI=1S/C15H19N7O/c1-9-11-6-10(7-17-14(11)22(3)19-9)15-18-13(20-23-15)12-8-16-4-5-21(12)2/h6-7,12,16H,4-5,8H2,1-3H3. The molecule has 1 aliphatic heterocycles. The minimum Gasteiger partial charge on any atom is -0.334 e. The molecule has 0 aromatic carbocycles. The SMILES string of the molecule is Cc1nn(C)c2ncc(-c3nc(C4CNCCN4C)no3)cc12. The topological polar surface area (TPSA) is 84.9 Å². The molecule has 0 amide bonds. The summed E-state index contributed by atoms with van der Waals surface area (Å²) in [6.45, 7) is 4.75. The molecule has 3 aromatic rings. The summed E-state index contributed by atoms with van der Waals surface area (Å²) >= 11 is 0. The van der Waals surface area contributed by atoms with E-state index in [0.717, 1.165) is 41.9 Å². The van der Waals surface area contributed by atoms with Crippen LogP contribution in [0.2, 0.25) is 0 Å². The van der Waals surface area contributed by atoms with E-state index < -0.39 is 0 Å². The summed E-state index contributed by atoms with van der Waals surface area (Å²) in [6.07, 6.45) is 1.75. The summed E-state index contributed by atoms with van der Waals surface area (Å²) in [5, 5.41) is 12.9. The van der Waals surface area contributed by atoms with Crippen molar-refractivity contribution in [3.05, 3.63) is 23.8 Å². The van der Waals surface area contributed by atoms with Crippen molar-refractivity contribution in [2.75, 3.05) is 26.7 Å². The largest absolute Gasteiger partial charge is 0.334 e. The number of likely N-dealkylation sites (N-methyl/N-ethyl adjacent to an activating group) is 1. The molecule has 0 spiro atoms. The van der Waals surface area contributed by atoms with E-state index in [2.05, 4.69) is 37.5 Å². The Balaban J connectivity index is 1.70. The van der Waals surface area contributed by atoms with E-state index in [1.807, 2.05) is 20.0 Å². The maximum absolute atomic E-state index is 5.47. The Morgan fingerprint density at radius 1 is 1.35 bits per heavy atom. The average molecular weight is 313 g/mol. The molecule has 8 heteroatoms. The Morgan fingerprint density at radius 3 is 3.04 bits per heavy atom. The second-order valence-electron chi connectivity index (χ2n) is 5.96. The van der Waals surface area contributed by atoms with E-state index in [1.165, 1.54) is 0 Å². The quantitative estimate of drug-likeness (QED) is 0.752. The number of nitrogens with one attached hydrogen (secondary N) is 1. The van der Waals surface area contributed by atoms with Crippen molar-refractivity contribution < 1.29 is 4.52 Å². The highest BCUT2D eigenvalue weighted by atomic mass is 16.5. The van der Waals surface area contributed by atoms with Gasteiger partial charge in [-0.1, -0.05) is 5.16 Å². The Kier molecular flexibility index (Phi) is 3.35. The van der Waals surface area contributed by atoms with Gasteiger partial charge in [0.25, 0.3) is 5.89 Å². The summed E-state index contributed by atoms with van der Waals surface area (Å²) in [4.78, 5) is 11.3. The second kappa shape index (κ2) is 5.39. The Bertz CT molecular complexity index is 853. The van der Waals surface area contributed by atoms with Gasteiger partial charge in [-0.25, -0.2) is 4.98 Å². The van der Waals surface area contributed by atoms with Gasteiger partial charge < -0.3 is 9.84 Å². The molecule has 0 aliphatic carbocycles. The number of fused-ring (bicyclic) bond motifs is 1. The molecule has 1 atom stereocenters. The normalized spacial score (nSPS) is 19.5. The van der Waals surface area contributed by atoms with Crippen LogP contribution in [0.15, 0.2) is 16.8 Å². The molecule has 1 saturated heterocycles. The van der Waals surface area contributed by atoms with Crippen LogP contribution in [0.5, 0.6) is 0 Å². The highest BCUT2D eigenvalue weighted by Crippen LogP contribution is 2.25. The first kappa shape index (κ1) is 14.3. The van der Waals surface area contributed by atoms with Gasteiger partial charge in [-0.3, -0.25) is 9.58 Å². The smallest absolute Gasteiger partial charge is 0.259 e. The van der Waals surface area contributed by atoms with Gasteiger partial charge in [0.15, 0.2) is 11.5 Å². The second-order valence-corrected chi connectivity index (χ2v) is 5.96. The van der Waals surface area contributed by atoms with E-state index in [1.54, 1.807) is 10.9 Å². The molecule has 8 nitrogen and oxygen atoms in total. The number of hydrogen-bond acceptors (Lipinski definition) is 7. The minimum absolute atomic E-state index is 0.137. The van der Waals surface area contributed by atoms with Gasteiger partial charge in [0.2, 0.25) is 0 Å². The molecule has 23 heavy (non-hydrogen) atoms. The van der Waals surface area contributed by atoms with Gasteiger partial charge in [-0.2, -0.15) is 10.1 Å². The first-order valence-electron chi connectivity index (χ1n) is 7.68. The predicted molar refractivity (Wildman–Crippen MR) is 84.8 cm³/mol. The summed E-state index contributed by atoms with van der Waals surface area (Å²) in [7, 11) is 3.97. The highest BCUT2D eigenvalue weighted by molar-refractivity contribution is 5.81. The monoisotopic (exact) mass is 313 g/mol. The molecule has 0 bridgehead atoms. The van der Waals surface area contributed by atoms with Crippen molar-refractivity contribution in [2.45, 2.75) is 13.0 Å². The fraction of sp³-hybridized carbons (Fsp3) is 0.467. The lowest BCUT2D eigenvalue weighted by molar-refractivity contribution is 0.190. The van der Waals surface area contributed by atoms with E-state index in [-0.39, 0.29) is 6.04 Å². The Morgan fingerprint density at radius 2 is 2.22 bits per heavy atom. The maximum atomic E-state index is 5.47. The molecule has 1 N–H and O–H groups in total. The Hall–Kier alpha value is -2.32. The molecule has 1 fully saturated rings. The van der Waals surface area contributed by atoms with Crippen LogP contribution in [0.4, 0.5) is 0 Å². The average Bonchev–Trinajstić information content (AvgIpc) is 3.14. The summed E-state index contributed by atoms with van der Waals surface area (Å²) < 4.78 is 7.24. The van der Waals surface area contributed by atoms with Gasteiger partial charge >= 0.3 is 0 Å². The molecule has 4 heterocycles. The van der Waals surface area contributed by atoms with Crippen LogP contribution in [0.25, 0.3) is 22.5 Å². The van der Waals surface area contributed by atoms with E-state index in [9.17, 15) is 0 Å². The van der Waals surface area contributed by atoms with Crippen LogP contribution in [-0.4, -0.2) is 56.5 Å². The van der Waals surface area contributed by atoms with Crippen LogP contribution in [0.3, 0.4) is 0 Å². The van der Waals surface area contributed by atoms with Gasteiger partial charge in [-0.05, 0) is 20.0 Å². The maximum Gasteiger partial charge on any atom is 0.259 e. The third-order valence-corrected chi connectivity index (χ3v) is 4.36. The van der Waals surface area contributed by atoms with Gasteiger partial charge in [-0.15, -0.1) is 0 Å². The van der Waals surface area contributed by atoms with Crippen LogP contribution < -0.4 is 5.32 Å². The molecule has 1 unspecified atom stereocenters. The van der Waals surface area contributed by atoms with Crippen molar-refractivity contribution in [2.24, 2.45) is 7.05 Å². The number of hydrogen-bond donors (Lipinski definition) is 1. The van der Waals surface area contributed by atoms with E-state index >= 15 is 0 Å². The first-order chi connectivity index (χ1) is 11.1. The van der Waals surface area contributed by atoms with E-state index in [4.69, 9.17) is 4.52 Å². The zero-order chi connectivity index (χ0) is 16.0. The van der Waals surface area contributed by atoms with Crippen molar-refractivity contribution in [1.82, 2.24) is 35.1 Å². The third-order valence-electron chi connectivity index (χ3n) is 4.36. The number of pyridine rings is 1. The first-order valence-corrected chi connectivity index (χ1v) is 7.68. The molecule has 3 aromatic heterocycles. The van der Waals surface area contributed by atoms with Crippen LogP contribution in [-0.2, 0) is 7.05 Å². The number of aryl methyl sites for hydroxylation is 2. The van der Waals surface area contributed by atoms with Crippen LogP contribution >= 0.6 is 0 Å². The number of rotatable bonds is 2. The zero-order valence-corrected chi connectivity index (χ0v) is 13.4. The molecule has 4 rings (SSSR count). The number of piperazine rings is 1. The Labute approximate surface area is 133 Å². The van der Waals surface area contributed by atoms with Crippen molar-refractivity contribution in [1.29, 1.82) is 0 Å². The third kappa shape index (κ3) is 2.40. The summed E-state index contributed by atoms with van der Waals surface area (Å²) in [6, 6.07) is 2.14. The lowest BCUT2D eigenvalue weighted by Gasteiger charge is -2.30. The molecular weight excluding hydrogens is 294 g/mol. The molecule has 1 aliphatic rings. The minimum atomic E-state index is 0.137. The fourth-order valence-corrected chi connectivity index (χ4v) is 3.01. The van der Waals surface area contributed by atoms with Gasteiger partial charge in [0.1, 0.15) is 0 Å². The fourth-order valence-electron chi connectivity index (χ4n) is 3.01. The van der Waals surface area contributed by atoms with Gasteiger partial charge in [0, 0.05) is 38.3 Å². The van der Waals surface area contributed by atoms with Crippen LogP contribution in [0.1, 0.15) is 17.6 Å². The lowest BCUT2D eigenvalue weighted by atomic mass is 10.2. The highest BCUT2D eigenvalue weighted by Gasteiger charge is 2.25. The summed E-state index contributed by atoms with van der Waals surface area (Å²) in [5.74, 6) is 1.20. The van der Waals surface area contributed by atoms with Crippen molar-refractivity contribution in [3.63, 3.8) is 0 Å². The molecular formula is C15H19N7O.